The molecule has 0 aromatic carbocycles. The molecule has 0 aliphatic carbocycles. The lowest BCUT2D eigenvalue weighted by molar-refractivity contribution is -0.167. The molecule has 0 saturated heterocycles. The molecule has 0 aromatic rings. The van der Waals surface area contributed by atoms with Gasteiger partial charge in [0.05, 0.1) is 0 Å². The standard InChI is InChI=1S/C61H118O6/c1-5-7-9-11-13-15-17-19-20-21-22-27-30-34-38-42-46-50-54-61(64)67-58(55-65-59(62)52-48-44-40-36-32-18-16-14-12-10-8-6-2)56-66-60(63)53-49-45-41-37-33-29-26-24-23-25-28-31-35-39-43-47-51-57(3)4/h57-58H,5-56H2,1-4H3/t58-/m0/s1. The van der Waals surface area contributed by atoms with Crippen LogP contribution in [0.2, 0.25) is 0 Å². The Morgan fingerprint density at radius 3 is 0.731 bits per heavy atom. The molecular formula is C61H118O6. The largest absolute Gasteiger partial charge is 0.462 e. The van der Waals surface area contributed by atoms with E-state index in [0.29, 0.717) is 19.3 Å². The maximum atomic E-state index is 12.9. The van der Waals surface area contributed by atoms with Crippen molar-refractivity contribution in [1.29, 1.82) is 0 Å². The van der Waals surface area contributed by atoms with Crippen LogP contribution >= 0.6 is 0 Å². The summed E-state index contributed by atoms with van der Waals surface area (Å²) < 4.78 is 16.9. The van der Waals surface area contributed by atoms with Crippen LogP contribution in [0.1, 0.15) is 349 Å². The summed E-state index contributed by atoms with van der Waals surface area (Å²) in [7, 11) is 0. The zero-order valence-electron chi connectivity index (χ0n) is 45.9. The van der Waals surface area contributed by atoms with Gasteiger partial charge in [0.2, 0.25) is 0 Å². The van der Waals surface area contributed by atoms with Crippen molar-refractivity contribution in [3.8, 4) is 0 Å². The number of hydrogen-bond acceptors (Lipinski definition) is 6. The first-order valence-corrected chi connectivity index (χ1v) is 30.4. The van der Waals surface area contributed by atoms with Crippen molar-refractivity contribution < 1.29 is 28.6 Å². The van der Waals surface area contributed by atoms with Crippen LogP contribution in [-0.4, -0.2) is 37.2 Å². The van der Waals surface area contributed by atoms with E-state index < -0.39 is 6.10 Å². The molecule has 0 heterocycles. The average Bonchev–Trinajstić information content (AvgIpc) is 3.31. The molecule has 0 bridgehead atoms. The monoisotopic (exact) mass is 947 g/mol. The Labute approximate surface area is 418 Å². The molecule has 0 saturated carbocycles. The van der Waals surface area contributed by atoms with Gasteiger partial charge in [-0.15, -0.1) is 0 Å². The minimum atomic E-state index is -0.762. The Hall–Kier alpha value is -1.59. The van der Waals surface area contributed by atoms with Crippen molar-refractivity contribution in [2.45, 2.75) is 355 Å². The van der Waals surface area contributed by atoms with Gasteiger partial charge in [-0.1, -0.05) is 310 Å². The van der Waals surface area contributed by atoms with Gasteiger partial charge in [0.1, 0.15) is 13.2 Å². The fraction of sp³-hybridized carbons (Fsp3) is 0.951. The minimum Gasteiger partial charge on any atom is -0.462 e. The molecular weight excluding hydrogens is 829 g/mol. The van der Waals surface area contributed by atoms with Crippen LogP contribution in [0.3, 0.4) is 0 Å². The maximum Gasteiger partial charge on any atom is 0.306 e. The molecule has 0 aliphatic heterocycles. The van der Waals surface area contributed by atoms with Gasteiger partial charge in [-0.2, -0.15) is 0 Å². The Kier molecular flexibility index (Phi) is 54.0. The van der Waals surface area contributed by atoms with Crippen molar-refractivity contribution in [1.82, 2.24) is 0 Å². The van der Waals surface area contributed by atoms with Crippen molar-refractivity contribution >= 4 is 17.9 Å². The lowest BCUT2D eigenvalue weighted by Crippen LogP contribution is -2.30. The number of carbonyl (C=O) groups is 3. The van der Waals surface area contributed by atoms with E-state index in [1.807, 2.05) is 0 Å². The zero-order chi connectivity index (χ0) is 48.8. The summed E-state index contributed by atoms with van der Waals surface area (Å²) in [5, 5.41) is 0. The molecule has 0 fully saturated rings. The lowest BCUT2D eigenvalue weighted by atomic mass is 10.0. The summed E-state index contributed by atoms with van der Waals surface area (Å²) in [6, 6.07) is 0. The van der Waals surface area contributed by atoms with Crippen LogP contribution in [0.15, 0.2) is 0 Å². The second-order valence-electron chi connectivity index (χ2n) is 21.5. The Bertz CT molecular complexity index is 1010. The molecule has 0 aliphatic rings. The second kappa shape index (κ2) is 55.3. The molecule has 1 atom stereocenters. The van der Waals surface area contributed by atoms with Crippen molar-refractivity contribution in [2.75, 3.05) is 13.2 Å². The highest BCUT2D eigenvalue weighted by molar-refractivity contribution is 5.71. The number of esters is 3. The summed E-state index contributed by atoms with van der Waals surface area (Å²) in [6.45, 7) is 9.08. The van der Waals surface area contributed by atoms with E-state index in [2.05, 4.69) is 27.7 Å². The van der Waals surface area contributed by atoms with Crippen molar-refractivity contribution in [3.05, 3.63) is 0 Å². The molecule has 6 heteroatoms. The number of rotatable bonds is 56. The molecule has 0 unspecified atom stereocenters. The van der Waals surface area contributed by atoms with E-state index in [9.17, 15) is 14.4 Å². The number of unbranched alkanes of at least 4 members (excludes halogenated alkanes) is 43. The van der Waals surface area contributed by atoms with E-state index in [-0.39, 0.29) is 31.1 Å². The summed E-state index contributed by atoms with van der Waals surface area (Å²) in [6.07, 6.45) is 61.0. The quantitative estimate of drug-likeness (QED) is 0.0343. The predicted molar refractivity (Wildman–Crippen MR) is 289 cm³/mol. The summed E-state index contributed by atoms with van der Waals surface area (Å²) in [4.78, 5) is 38.2. The van der Waals surface area contributed by atoms with E-state index in [1.165, 1.54) is 244 Å². The number of ether oxygens (including phenoxy) is 3. The molecule has 0 aromatic heterocycles. The van der Waals surface area contributed by atoms with Crippen LogP contribution < -0.4 is 0 Å². The molecule has 0 N–H and O–H groups in total. The fourth-order valence-corrected chi connectivity index (χ4v) is 9.46. The van der Waals surface area contributed by atoms with Crippen LogP contribution in [0, 0.1) is 5.92 Å². The van der Waals surface area contributed by atoms with Crippen LogP contribution in [0.5, 0.6) is 0 Å². The van der Waals surface area contributed by atoms with E-state index in [1.54, 1.807) is 0 Å². The Morgan fingerprint density at radius 2 is 0.493 bits per heavy atom. The fourth-order valence-electron chi connectivity index (χ4n) is 9.46. The smallest absolute Gasteiger partial charge is 0.306 e. The highest BCUT2D eigenvalue weighted by atomic mass is 16.6. The van der Waals surface area contributed by atoms with Gasteiger partial charge in [0.15, 0.2) is 6.10 Å². The van der Waals surface area contributed by atoms with E-state index >= 15 is 0 Å². The normalized spacial score (nSPS) is 12.0. The first-order chi connectivity index (χ1) is 32.9. The highest BCUT2D eigenvalue weighted by Gasteiger charge is 2.19. The van der Waals surface area contributed by atoms with Gasteiger partial charge in [-0.25, -0.2) is 0 Å². The van der Waals surface area contributed by atoms with Crippen LogP contribution in [-0.2, 0) is 28.6 Å². The van der Waals surface area contributed by atoms with Gasteiger partial charge in [-0.3, -0.25) is 14.4 Å². The first kappa shape index (κ1) is 65.4. The molecule has 0 rings (SSSR count). The number of carbonyl (C=O) groups excluding carboxylic acids is 3. The third-order valence-corrected chi connectivity index (χ3v) is 14.0. The molecule has 398 valence electrons. The van der Waals surface area contributed by atoms with Crippen molar-refractivity contribution in [2.24, 2.45) is 5.92 Å². The van der Waals surface area contributed by atoms with E-state index in [4.69, 9.17) is 14.2 Å². The van der Waals surface area contributed by atoms with Crippen LogP contribution in [0.25, 0.3) is 0 Å². The summed E-state index contributed by atoms with van der Waals surface area (Å²) >= 11 is 0. The number of hydrogen-bond donors (Lipinski definition) is 0. The third kappa shape index (κ3) is 55.2. The first-order valence-electron chi connectivity index (χ1n) is 30.4. The molecule has 0 radical (unpaired) electrons. The Balaban J connectivity index is 4.25. The molecule has 0 spiro atoms. The van der Waals surface area contributed by atoms with Gasteiger partial charge in [0, 0.05) is 19.3 Å². The van der Waals surface area contributed by atoms with Crippen molar-refractivity contribution in [3.63, 3.8) is 0 Å². The predicted octanol–water partition coefficient (Wildman–Crippen LogP) is 20.2. The average molecular weight is 948 g/mol. The third-order valence-electron chi connectivity index (χ3n) is 14.0. The molecule has 0 amide bonds. The zero-order valence-corrected chi connectivity index (χ0v) is 45.9. The highest BCUT2D eigenvalue weighted by Crippen LogP contribution is 2.18. The van der Waals surface area contributed by atoms with Gasteiger partial charge in [0.25, 0.3) is 0 Å². The summed E-state index contributed by atoms with van der Waals surface area (Å²) in [5.41, 5.74) is 0. The molecule has 67 heavy (non-hydrogen) atoms. The summed E-state index contributed by atoms with van der Waals surface area (Å²) in [5.74, 6) is 0.0211. The lowest BCUT2D eigenvalue weighted by Gasteiger charge is -2.18. The minimum absolute atomic E-state index is 0.0615. The van der Waals surface area contributed by atoms with Gasteiger partial charge < -0.3 is 14.2 Å². The topological polar surface area (TPSA) is 78.9 Å². The maximum absolute atomic E-state index is 12.9. The van der Waals surface area contributed by atoms with E-state index in [0.717, 1.165) is 63.7 Å². The molecule has 6 nitrogen and oxygen atoms in total. The SMILES string of the molecule is CCCCCCCCCCCCCCCCCCCCC(=O)O[C@@H](COC(=O)CCCCCCCCCCCCCC)COC(=O)CCCCCCCCCCCCCCCCCCC(C)C. The van der Waals surface area contributed by atoms with Gasteiger partial charge in [-0.05, 0) is 25.2 Å². The second-order valence-corrected chi connectivity index (χ2v) is 21.5. The Morgan fingerprint density at radius 1 is 0.284 bits per heavy atom. The van der Waals surface area contributed by atoms with Crippen LogP contribution in [0.4, 0.5) is 0 Å². The van der Waals surface area contributed by atoms with Gasteiger partial charge >= 0.3 is 17.9 Å².